The molecular formula is C20H27F3N2O2. The van der Waals surface area contributed by atoms with Crippen molar-refractivity contribution in [2.45, 2.75) is 37.7 Å². The van der Waals surface area contributed by atoms with Gasteiger partial charge in [0, 0.05) is 38.8 Å². The Hall–Kier alpha value is -1.15. The number of rotatable bonds is 3. The normalized spacial score (nSPS) is 33.2. The van der Waals surface area contributed by atoms with E-state index in [-0.39, 0.29) is 12.1 Å². The molecule has 0 radical (unpaired) electrons. The average Bonchev–Trinajstić information content (AvgIpc) is 3.02. The lowest BCUT2D eigenvalue weighted by Crippen LogP contribution is -2.53. The first kappa shape index (κ1) is 19.2. The minimum Gasteiger partial charge on any atom is -0.391 e. The van der Waals surface area contributed by atoms with Gasteiger partial charge in [-0.1, -0.05) is 12.1 Å². The van der Waals surface area contributed by atoms with E-state index in [9.17, 15) is 18.3 Å². The highest BCUT2D eigenvalue weighted by Crippen LogP contribution is 2.39. The summed E-state index contributed by atoms with van der Waals surface area (Å²) < 4.78 is 43.5. The van der Waals surface area contributed by atoms with Crippen molar-refractivity contribution in [1.29, 1.82) is 0 Å². The highest BCUT2D eigenvalue weighted by molar-refractivity contribution is 5.24. The van der Waals surface area contributed by atoms with Crippen LogP contribution in [0.15, 0.2) is 24.3 Å². The van der Waals surface area contributed by atoms with Crippen molar-refractivity contribution < 1.29 is 23.0 Å². The number of aliphatic hydroxyl groups excluding tert-OH is 1. The predicted molar refractivity (Wildman–Crippen MR) is 95.1 cm³/mol. The van der Waals surface area contributed by atoms with Gasteiger partial charge in [-0.15, -0.1) is 0 Å². The lowest BCUT2D eigenvalue weighted by Gasteiger charge is -2.43. The second-order valence-electron chi connectivity index (χ2n) is 8.16. The van der Waals surface area contributed by atoms with E-state index in [0.29, 0.717) is 18.4 Å². The largest absolute Gasteiger partial charge is 0.416 e. The Labute approximate surface area is 157 Å². The van der Waals surface area contributed by atoms with Crippen molar-refractivity contribution in [2.75, 3.05) is 39.4 Å². The van der Waals surface area contributed by atoms with E-state index >= 15 is 0 Å². The Kier molecular flexibility index (Phi) is 5.47. The summed E-state index contributed by atoms with van der Waals surface area (Å²) in [5.41, 5.74) is 0.310. The van der Waals surface area contributed by atoms with Crippen molar-refractivity contribution in [3.8, 4) is 0 Å². The van der Waals surface area contributed by atoms with E-state index in [1.54, 1.807) is 12.1 Å². The summed E-state index contributed by atoms with van der Waals surface area (Å²) >= 11 is 0. The second kappa shape index (κ2) is 7.70. The van der Waals surface area contributed by atoms with Crippen molar-refractivity contribution in [3.05, 3.63) is 35.4 Å². The lowest BCUT2D eigenvalue weighted by molar-refractivity contribution is -0.137. The summed E-state index contributed by atoms with van der Waals surface area (Å²) in [5, 5.41) is 10.6. The number of benzene rings is 1. The molecule has 3 fully saturated rings. The van der Waals surface area contributed by atoms with Gasteiger partial charge in [-0.3, -0.25) is 9.80 Å². The summed E-state index contributed by atoms with van der Waals surface area (Å²) in [6.07, 6.45) is -2.77. The molecular weight excluding hydrogens is 357 g/mol. The van der Waals surface area contributed by atoms with E-state index in [2.05, 4.69) is 9.80 Å². The number of halogens is 3. The number of ether oxygens (including phenoxy) is 1. The van der Waals surface area contributed by atoms with Gasteiger partial charge in [0.05, 0.1) is 24.9 Å². The van der Waals surface area contributed by atoms with E-state index in [1.807, 2.05) is 0 Å². The van der Waals surface area contributed by atoms with Crippen LogP contribution in [0.5, 0.6) is 0 Å². The summed E-state index contributed by atoms with van der Waals surface area (Å²) in [4.78, 5) is 4.69. The first-order valence-electron chi connectivity index (χ1n) is 9.78. The zero-order valence-electron chi connectivity index (χ0n) is 15.4. The molecule has 0 unspecified atom stereocenters. The first-order valence-corrected chi connectivity index (χ1v) is 9.78. The molecule has 4 atom stereocenters. The molecule has 3 aliphatic rings. The molecule has 2 saturated heterocycles. The molecule has 2 heterocycles. The minimum atomic E-state index is -4.29. The number of alkyl halides is 3. The fraction of sp³-hybridized carbons (Fsp3) is 0.700. The fourth-order valence-electron chi connectivity index (χ4n) is 4.99. The van der Waals surface area contributed by atoms with Crippen LogP contribution in [-0.4, -0.2) is 66.4 Å². The van der Waals surface area contributed by atoms with Gasteiger partial charge in [-0.05, 0) is 42.4 Å². The van der Waals surface area contributed by atoms with Crippen molar-refractivity contribution in [2.24, 2.45) is 11.8 Å². The van der Waals surface area contributed by atoms with Crippen LogP contribution >= 0.6 is 0 Å². The molecule has 0 spiro atoms. The second-order valence-corrected chi connectivity index (χ2v) is 8.16. The maximum Gasteiger partial charge on any atom is 0.416 e. The summed E-state index contributed by atoms with van der Waals surface area (Å²) in [7, 11) is 0. The zero-order valence-corrected chi connectivity index (χ0v) is 15.4. The molecule has 1 aromatic carbocycles. The van der Waals surface area contributed by atoms with Crippen LogP contribution < -0.4 is 0 Å². The standard InChI is InChI=1S/C20H27F3N2O2/c21-20(22,23)17-3-1-14(2-4-17)11-24-12-15-9-18(19(26)10-16(15)13-24)25-5-7-27-8-6-25/h1-4,15-16,18-19,26H,5-13H2/t15-,16+,18-,19-/m1/s1. The smallest absolute Gasteiger partial charge is 0.391 e. The number of nitrogens with zero attached hydrogens (tertiary/aromatic N) is 2. The molecule has 1 aromatic rings. The number of morpholine rings is 1. The van der Waals surface area contributed by atoms with Gasteiger partial charge < -0.3 is 9.84 Å². The van der Waals surface area contributed by atoms with Crippen LogP contribution in [0.4, 0.5) is 13.2 Å². The van der Waals surface area contributed by atoms with Crippen molar-refractivity contribution in [3.63, 3.8) is 0 Å². The molecule has 150 valence electrons. The highest BCUT2D eigenvalue weighted by atomic mass is 19.4. The molecule has 27 heavy (non-hydrogen) atoms. The summed E-state index contributed by atoms with van der Waals surface area (Å²) in [6.45, 7) is 5.78. The third-order valence-corrected chi connectivity index (χ3v) is 6.39. The third-order valence-electron chi connectivity index (χ3n) is 6.39. The van der Waals surface area contributed by atoms with E-state index < -0.39 is 11.7 Å². The Morgan fingerprint density at radius 3 is 2.26 bits per heavy atom. The van der Waals surface area contributed by atoms with Gasteiger partial charge in [-0.2, -0.15) is 13.2 Å². The summed E-state index contributed by atoms with van der Waals surface area (Å²) in [6, 6.07) is 5.70. The Balaban J connectivity index is 1.35. The van der Waals surface area contributed by atoms with E-state index in [4.69, 9.17) is 4.74 Å². The van der Waals surface area contributed by atoms with Crippen LogP contribution in [0.25, 0.3) is 0 Å². The molecule has 4 nitrogen and oxygen atoms in total. The van der Waals surface area contributed by atoms with Crippen molar-refractivity contribution in [1.82, 2.24) is 9.80 Å². The van der Waals surface area contributed by atoms with E-state index in [0.717, 1.165) is 69.9 Å². The SMILES string of the molecule is O[C@@H]1C[C@H]2CN(Cc3ccc(C(F)(F)F)cc3)C[C@H]2C[C@H]1N1CCOCC1. The number of aliphatic hydroxyl groups is 1. The topological polar surface area (TPSA) is 35.9 Å². The molecule has 1 aliphatic carbocycles. The van der Waals surface area contributed by atoms with Crippen LogP contribution in [0, 0.1) is 11.8 Å². The van der Waals surface area contributed by atoms with Crippen LogP contribution in [0.2, 0.25) is 0 Å². The highest BCUT2D eigenvalue weighted by Gasteiger charge is 2.43. The molecule has 0 bridgehead atoms. The number of hydrogen-bond donors (Lipinski definition) is 1. The number of fused-ring (bicyclic) bond motifs is 1. The molecule has 2 aliphatic heterocycles. The van der Waals surface area contributed by atoms with Crippen LogP contribution in [0.1, 0.15) is 24.0 Å². The van der Waals surface area contributed by atoms with Crippen molar-refractivity contribution >= 4 is 0 Å². The van der Waals surface area contributed by atoms with Gasteiger partial charge in [0.1, 0.15) is 0 Å². The lowest BCUT2D eigenvalue weighted by atomic mass is 9.77. The molecule has 7 heteroatoms. The average molecular weight is 384 g/mol. The Morgan fingerprint density at radius 1 is 1.00 bits per heavy atom. The Bertz CT molecular complexity index is 631. The van der Waals surface area contributed by atoms with Gasteiger partial charge >= 0.3 is 6.18 Å². The van der Waals surface area contributed by atoms with Gasteiger partial charge in [-0.25, -0.2) is 0 Å². The van der Waals surface area contributed by atoms with E-state index in [1.165, 1.54) is 0 Å². The molecule has 4 rings (SSSR count). The van der Waals surface area contributed by atoms with Gasteiger partial charge in [0.25, 0.3) is 0 Å². The minimum absolute atomic E-state index is 0.209. The maximum absolute atomic E-state index is 12.7. The quantitative estimate of drug-likeness (QED) is 0.869. The first-order chi connectivity index (χ1) is 12.9. The molecule has 1 N–H and O–H groups in total. The number of likely N-dealkylation sites (tertiary alicyclic amines) is 1. The fourth-order valence-corrected chi connectivity index (χ4v) is 4.99. The predicted octanol–water partition coefficient (Wildman–Crippen LogP) is 2.61. The Morgan fingerprint density at radius 2 is 1.63 bits per heavy atom. The number of hydrogen-bond acceptors (Lipinski definition) is 4. The monoisotopic (exact) mass is 384 g/mol. The molecule has 0 amide bonds. The van der Waals surface area contributed by atoms with Gasteiger partial charge in [0.2, 0.25) is 0 Å². The zero-order chi connectivity index (χ0) is 19.0. The summed E-state index contributed by atoms with van der Waals surface area (Å²) in [5.74, 6) is 1.03. The van der Waals surface area contributed by atoms with Crippen LogP contribution in [0.3, 0.4) is 0 Å². The molecule has 0 aromatic heterocycles. The third kappa shape index (κ3) is 4.31. The maximum atomic E-state index is 12.7. The van der Waals surface area contributed by atoms with Crippen LogP contribution in [-0.2, 0) is 17.5 Å². The van der Waals surface area contributed by atoms with Gasteiger partial charge in [0.15, 0.2) is 0 Å². The molecule has 1 saturated carbocycles.